The van der Waals surface area contributed by atoms with Crippen molar-refractivity contribution in [2.75, 3.05) is 6.61 Å². The monoisotopic (exact) mass is 348 g/mol. The van der Waals surface area contributed by atoms with Gasteiger partial charge in [0.15, 0.2) is 0 Å². The lowest BCUT2D eigenvalue weighted by Crippen LogP contribution is -2.07. The number of ether oxygens (including phenoxy) is 1. The SMILES string of the molecule is CCOc1cc(Cl)c(C(Cl)CCC2CCCCC2)cc1Cl. The summed E-state index contributed by atoms with van der Waals surface area (Å²) in [7, 11) is 0. The van der Waals surface area contributed by atoms with Gasteiger partial charge in [-0.1, -0.05) is 55.3 Å². The van der Waals surface area contributed by atoms with Gasteiger partial charge >= 0.3 is 0 Å². The summed E-state index contributed by atoms with van der Waals surface area (Å²) in [6, 6.07) is 3.63. The zero-order valence-electron chi connectivity index (χ0n) is 12.5. The summed E-state index contributed by atoms with van der Waals surface area (Å²) in [5.74, 6) is 1.46. The Morgan fingerprint density at radius 3 is 2.52 bits per heavy atom. The molecule has 1 unspecified atom stereocenters. The Hall–Kier alpha value is -0.110. The van der Waals surface area contributed by atoms with Crippen molar-refractivity contribution >= 4 is 34.8 Å². The molecule has 21 heavy (non-hydrogen) atoms. The molecule has 1 saturated carbocycles. The van der Waals surface area contributed by atoms with Gasteiger partial charge in [-0.2, -0.15) is 0 Å². The fourth-order valence-electron chi connectivity index (χ4n) is 3.06. The van der Waals surface area contributed by atoms with E-state index in [-0.39, 0.29) is 5.38 Å². The molecular formula is C17H23Cl3O. The van der Waals surface area contributed by atoms with Gasteiger partial charge in [-0.15, -0.1) is 11.6 Å². The Morgan fingerprint density at radius 1 is 1.14 bits per heavy atom. The lowest BCUT2D eigenvalue weighted by molar-refractivity contribution is 0.331. The normalized spacial score (nSPS) is 17.7. The smallest absolute Gasteiger partial charge is 0.139 e. The van der Waals surface area contributed by atoms with Crippen LogP contribution < -0.4 is 4.74 Å². The second kappa shape index (κ2) is 8.50. The zero-order chi connectivity index (χ0) is 15.2. The average Bonchev–Trinajstić information content (AvgIpc) is 2.49. The predicted molar refractivity (Wildman–Crippen MR) is 92.0 cm³/mol. The van der Waals surface area contributed by atoms with Gasteiger partial charge in [-0.05, 0) is 37.3 Å². The molecule has 0 radical (unpaired) electrons. The number of hydrogen-bond acceptors (Lipinski definition) is 1. The fraction of sp³-hybridized carbons (Fsp3) is 0.647. The molecule has 0 saturated heterocycles. The molecule has 0 aromatic heterocycles. The summed E-state index contributed by atoms with van der Waals surface area (Å²) in [5, 5.41) is 1.15. The van der Waals surface area contributed by atoms with Gasteiger partial charge in [-0.25, -0.2) is 0 Å². The van der Waals surface area contributed by atoms with Crippen LogP contribution in [-0.4, -0.2) is 6.61 Å². The first-order valence-corrected chi connectivity index (χ1v) is 9.06. The molecular weight excluding hydrogens is 327 g/mol. The van der Waals surface area contributed by atoms with Crippen LogP contribution in [0.4, 0.5) is 0 Å². The quantitative estimate of drug-likeness (QED) is 0.501. The molecule has 1 aromatic rings. The second-order valence-electron chi connectivity index (χ2n) is 5.79. The van der Waals surface area contributed by atoms with Gasteiger partial charge in [0.2, 0.25) is 0 Å². The lowest BCUT2D eigenvalue weighted by Gasteiger charge is -2.23. The highest BCUT2D eigenvalue weighted by atomic mass is 35.5. The standard InChI is InChI=1S/C17H23Cl3O/c1-2-21-17-11-15(19)13(10-16(17)20)14(18)9-8-12-6-4-3-5-7-12/h10-12,14H,2-9H2,1H3. The highest BCUT2D eigenvalue weighted by Gasteiger charge is 2.19. The molecule has 0 bridgehead atoms. The molecule has 0 amide bonds. The molecule has 0 aliphatic heterocycles. The van der Waals surface area contributed by atoms with E-state index in [9.17, 15) is 0 Å². The molecule has 1 aliphatic rings. The zero-order valence-corrected chi connectivity index (χ0v) is 14.8. The number of halogens is 3. The van der Waals surface area contributed by atoms with Crippen LogP contribution in [0.2, 0.25) is 10.0 Å². The average molecular weight is 350 g/mol. The third-order valence-corrected chi connectivity index (χ3v) is 5.32. The summed E-state index contributed by atoms with van der Waals surface area (Å²) in [6.07, 6.45) is 8.95. The Balaban J connectivity index is 1.97. The van der Waals surface area contributed by atoms with Crippen molar-refractivity contribution in [2.24, 2.45) is 5.92 Å². The largest absolute Gasteiger partial charge is 0.492 e. The summed E-state index contributed by atoms with van der Waals surface area (Å²) in [4.78, 5) is 0. The molecule has 4 heteroatoms. The molecule has 0 heterocycles. The highest BCUT2D eigenvalue weighted by molar-refractivity contribution is 6.35. The molecule has 118 valence electrons. The van der Waals surface area contributed by atoms with Crippen molar-refractivity contribution < 1.29 is 4.74 Å². The maximum atomic E-state index is 6.55. The van der Waals surface area contributed by atoms with E-state index >= 15 is 0 Å². The summed E-state index contributed by atoms with van der Waals surface area (Å²) < 4.78 is 5.45. The summed E-state index contributed by atoms with van der Waals surface area (Å²) in [6.45, 7) is 2.49. The van der Waals surface area contributed by atoms with Crippen LogP contribution in [0.1, 0.15) is 62.8 Å². The maximum absolute atomic E-state index is 6.55. The Kier molecular flexibility index (Phi) is 6.98. The van der Waals surface area contributed by atoms with Crippen LogP contribution in [0.15, 0.2) is 12.1 Å². The van der Waals surface area contributed by atoms with E-state index in [1.54, 1.807) is 6.07 Å². The number of alkyl halides is 1. The molecule has 0 N–H and O–H groups in total. The van der Waals surface area contributed by atoms with Gasteiger partial charge < -0.3 is 4.74 Å². The van der Waals surface area contributed by atoms with Gasteiger partial charge in [-0.3, -0.25) is 0 Å². The van der Waals surface area contributed by atoms with Crippen LogP contribution >= 0.6 is 34.8 Å². The fourth-order valence-corrected chi connectivity index (χ4v) is 3.94. The van der Waals surface area contributed by atoms with Crippen molar-refractivity contribution in [1.82, 2.24) is 0 Å². The van der Waals surface area contributed by atoms with Gasteiger partial charge in [0.25, 0.3) is 0 Å². The van der Waals surface area contributed by atoms with E-state index in [1.807, 2.05) is 13.0 Å². The van der Waals surface area contributed by atoms with E-state index in [4.69, 9.17) is 39.5 Å². The highest BCUT2D eigenvalue weighted by Crippen LogP contribution is 2.39. The number of rotatable bonds is 6. The summed E-state index contributed by atoms with van der Waals surface area (Å²) in [5.41, 5.74) is 0.919. The second-order valence-corrected chi connectivity index (χ2v) is 7.13. The Bertz CT molecular complexity index is 456. The minimum Gasteiger partial charge on any atom is -0.492 e. The predicted octanol–water partition coefficient (Wildman–Crippen LogP) is 7.03. The number of benzene rings is 1. The Morgan fingerprint density at radius 2 is 1.86 bits per heavy atom. The van der Waals surface area contributed by atoms with Crippen molar-refractivity contribution in [3.8, 4) is 5.75 Å². The van der Waals surface area contributed by atoms with Gasteiger partial charge in [0.05, 0.1) is 17.0 Å². The van der Waals surface area contributed by atoms with Crippen LogP contribution in [-0.2, 0) is 0 Å². The van der Waals surface area contributed by atoms with E-state index in [0.29, 0.717) is 22.4 Å². The summed E-state index contributed by atoms with van der Waals surface area (Å²) >= 11 is 19.1. The third-order valence-electron chi connectivity index (χ3n) is 4.24. The first-order chi connectivity index (χ1) is 10.1. The lowest BCUT2D eigenvalue weighted by atomic mass is 9.85. The third kappa shape index (κ3) is 4.94. The van der Waals surface area contributed by atoms with Crippen molar-refractivity contribution in [1.29, 1.82) is 0 Å². The van der Waals surface area contributed by atoms with Gasteiger partial charge in [0, 0.05) is 11.1 Å². The van der Waals surface area contributed by atoms with Crippen molar-refractivity contribution in [3.63, 3.8) is 0 Å². The van der Waals surface area contributed by atoms with Gasteiger partial charge in [0.1, 0.15) is 5.75 Å². The van der Waals surface area contributed by atoms with Crippen LogP contribution in [0.3, 0.4) is 0 Å². The molecule has 1 atom stereocenters. The van der Waals surface area contributed by atoms with Crippen LogP contribution in [0.25, 0.3) is 0 Å². The first-order valence-electron chi connectivity index (χ1n) is 7.87. The first kappa shape index (κ1) is 17.2. The van der Waals surface area contributed by atoms with E-state index in [1.165, 1.54) is 38.5 Å². The molecule has 2 rings (SSSR count). The van der Waals surface area contributed by atoms with Crippen LogP contribution in [0, 0.1) is 5.92 Å². The van der Waals surface area contributed by atoms with Crippen molar-refractivity contribution in [3.05, 3.63) is 27.7 Å². The Labute approximate surface area is 142 Å². The maximum Gasteiger partial charge on any atom is 0.139 e. The molecule has 1 aromatic carbocycles. The topological polar surface area (TPSA) is 9.23 Å². The van der Waals surface area contributed by atoms with Crippen molar-refractivity contribution in [2.45, 2.75) is 57.2 Å². The molecule has 1 aliphatic carbocycles. The van der Waals surface area contributed by atoms with E-state index in [0.717, 1.165) is 17.9 Å². The van der Waals surface area contributed by atoms with E-state index in [2.05, 4.69) is 0 Å². The number of hydrogen-bond donors (Lipinski definition) is 0. The van der Waals surface area contributed by atoms with Crippen LogP contribution in [0.5, 0.6) is 5.75 Å². The minimum atomic E-state index is -0.0763. The minimum absolute atomic E-state index is 0.0763. The van der Waals surface area contributed by atoms with E-state index < -0.39 is 0 Å². The molecule has 1 fully saturated rings. The molecule has 0 spiro atoms. The molecule has 1 nitrogen and oxygen atoms in total.